The molecule has 0 amide bonds. The first-order valence-corrected chi connectivity index (χ1v) is 11.4. The van der Waals surface area contributed by atoms with E-state index in [2.05, 4.69) is 84.7 Å². The van der Waals surface area contributed by atoms with Crippen molar-refractivity contribution in [1.82, 2.24) is 9.88 Å². The lowest BCUT2D eigenvalue weighted by Gasteiger charge is -2.31. The third-order valence-corrected chi connectivity index (χ3v) is 6.76. The van der Waals surface area contributed by atoms with Crippen LogP contribution in [-0.4, -0.2) is 23.5 Å². The topological polar surface area (TPSA) is 16.1 Å². The number of likely N-dealkylation sites (N-methyl/N-ethyl adjacent to an activating group) is 1. The van der Waals surface area contributed by atoms with E-state index in [4.69, 9.17) is 11.6 Å². The quantitative estimate of drug-likeness (QED) is 0.303. The van der Waals surface area contributed by atoms with E-state index in [1.807, 2.05) is 12.3 Å². The second-order valence-electron chi connectivity index (χ2n) is 7.65. The molecular weight excluding hydrogens is 420 g/mol. The van der Waals surface area contributed by atoms with E-state index in [1.165, 1.54) is 32.5 Å². The zero-order valence-corrected chi connectivity index (χ0v) is 19.2. The van der Waals surface area contributed by atoms with Gasteiger partial charge >= 0.3 is 0 Å². The van der Waals surface area contributed by atoms with Crippen LogP contribution < -0.4 is 0 Å². The predicted molar refractivity (Wildman–Crippen MR) is 135 cm³/mol. The van der Waals surface area contributed by atoms with Crippen LogP contribution in [0.2, 0.25) is 4.34 Å². The second kappa shape index (κ2) is 9.61. The van der Waals surface area contributed by atoms with Crippen LogP contribution in [0.25, 0.3) is 22.0 Å². The van der Waals surface area contributed by atoms with Crippen LogP contribution in [0.4, 0.5) is 0 Å². The summed E-state index contributed by atoms with van der Waals surface area (Å²) in [5.41, 5.74) is 6.17. The van der Waals surface area contributed by atoms with E-state index in [1.54, 1.807) is 23.5 Å². The van der Waals surface area contributed by atoms with E-state index < -0.39 is 0 Å². The minimum Gasteiger partial charge on any atom is -0.300 e. The van der Waals surface area contributed by atoms with E-state index in [-0.39, 0.29) is 0 Å². The molecule has 0 aliphatic carbocycles. The largest absolute Gasteiger partial charge is 0.300 e. The summed E-state index contributed by atoms with van der Waals surface area (Å²) in [6, 6.07) is 21.4. The Labute approximate surface area is 193 Å². The molecule has 0 fully saturated rings. The van der Waals surface area contributed by atoms with Crippen LogP contribution >= 0.6 is 22.9 Å². The summed E-state index contributed by atoms with van der Waals surface area (Å²) in [4.78, 5) is 8.44. The Morgan fingerprint density at radius 2 is 1.77 bits per heavy atom. The van der Waals surface area contributed by atoms with Crippen molar-refractivity contribution in [2.45, 2.75) is 12.5 Å². The van der Waals surface area contributed by atoms with Crippen LogP contribution in [0.5, 0.6) is 0 Å². The molecule has 2 aromatic heterocycles. The van der Waals surface area contributed by atoms with Gasteiger partial charge in [0, 0.05) is 41.0 Å². The Kier molecular flexibility index (Phi) is 6.67. The first kappa shape index (κ1) is 21.5. The fourth-order valence-corrected chi connectivity index (χ4v) is 5.52. The molecule has 5 rings (SSSR count). The fourth-order valence-electron chi connectivity index (χ4n) is 4.10. The molecule has 3 heterocycles. The Morgan fingerprint density at radius 3 is 2.58 bits per heavy atom. The molecule has 0 bridgehead atoms. The van der Waals surface area contributed by atoms with Gasteiger partial charge in [-0.15, -0.1) is 11.3 Å². The van der Waals surface area contributed by atoms with E-state index in [0.29, 0.717) is 5.92 Å². The minimum absolute atomic E-state index is 0.324. The Balaban J connectivity index is 0.000000535. The monoisotopic (exact) mass is 444 g/mol. The van der Waals surface area contributed by atoms with Gasteiger partial charge in [-0.3, -0.25) is 4.98 Å². The molecule has 31 heavy (non-hydrogen) atoms. The number of fused-ring (bicyclic) bond motifs is 2. The summed E-state index contributed by atoms with van der Waals surface area (Å²) >= 11 is 8.07. The lowest BCUT2D eigenvalue weighted by Crippen LogP contribution is -2.30. The number of hydrogen-bond donors (Lipinski definition) is 0. The van der Waals surface area contributed by atoms with Crippen molar-refractivity contribution in [2.75, 3.05) is 13.6 Å². The lowest BCUT2D eigenvalue weighted by molar-refractivity contribution is 0.299. The van der Waals surface area contributed by atoms with Crippen molar-refractivity contribution in [1.29, 1.82) is 0 Å². The zero-order chi connectivity index (χ0) is 21.8. The van der Waals surface area contributed by atoms with Crippen LogP contribution in [0.3, 0.4) is 0 Å². The van der Waals surface area contributed by atoms with Crippen molar-refractivity contribution in [3.63, 3.8) is 0 Å². The molecule has 0 radical (unpaired) electrons. The van der Waals surface area contributed by atoms with Gasteiger partial charge in [-0.25, -0.2) is 0 Å². The molecule has 0 saturated carbocycles. The lowest BCUT2D eigenvalue weighted by atomic mass is 9.84. The van der Waals surface area contributed by atoms with Gasteiger partial charge < -0.3 is 4.90 Å². The number of benzene rings is 2. The summed E-state index contributed by atoms with van der Waals surface area (Å²) in [5, 5.41) is 1.17. The molecule has 0 saturated heterocycles. The summed E-state index contributed by atoms with van der Waals surface area (Å²) in [6.45, 7) is 8.70. The number of allylic oxidation sites excluding steroid dienone is 2. The number of pyridine rings is 1. The van der Waals surface area contributed by atoms with Crippen LogP contribution in [-0.2, 0) is 6.54 Å². The van der Waals surface area contributed by atoms with E-state index in [9.17, 15) is 0 Å². The zero-order valence-electron chi connectivity index (χ0n) is 17.6. The maximum atomic E-state index is 6.36. The predicted octanol–water partition coefficient (Wildman–Crippen LogP) is 7.55. The first-order chi connectivity index (χ1) is 15.1. The molecule has 0 N–H and O–H groups in total. The van der Waals surface area contributed by atoms with Gasteiger partial charge in [0.25, 0.3) is 0 Å². The third kappa shape index (κ3) is 4.64. The summed E-state index contributed by atoms with van der Waals surface area (Å²) in [5.74, 6) is 0.324. The number of hydrogen-bond acceptors (Lipinski definition) is 3. The van der Waals surface area contributed by atoms with Gasteiger partial charge in [-0.2, -0.15) is 0 Å². The number of halogens is 1. The molecular formula is C27H25ClN2S. The summed E-state index contributed by atoms with van der Waals surface area (Å²) in [7, 11) is 2.18. The van der Waals surface area contributed by atoms with Crippen molar-refractivity contribution in [2.24, 2.45) is 0 Å². The average molecular weight is 445 g/mol. The number of rotatable bonds is 3. The molecule has 156 valence electrons. The minimum atomic E-state index is 0.324. The highest BCUT2D eigenvalue weighted by Crippen LogP contribution is 2.42. The summed E-state index contributed by atoms with van der Waals surface area (Å²) < 4.78 is 0.880. The normalized spacial score (nSPS) is 15.6. The van der Waals surface area contributed by atoms with Crippen LogP contribution in [0, 0.1) is 0 Å². The van der Waals surface area contributed by atoms with Crippen LogP contribution in [0.1, 0.15) is 21.9 Å². The number of thiophene rings is 1. The molecule has 2 nitrogen and oxygen atoms in total. The molecule has 1 aliphatic rings. The SMILES string of the molecule is C=CC=C.CN1Cc2sc(Cl)cc2C(c2ccccc2-c2cnc3ccccc3c2)C1. The molecule has 0 spiro atoms. The first-order valence-electron chi connectivity index (χ1n) is 10.2. The Morgan fingerprint density at radius 1 is 1.03 bits per heavy atom. The molecule has 1 atom stereocenters. The maximum absolute atomic E-state index is 6.36. The van der Waals surface area contributed by atoms with Gasteiger partial charge in [-0.1, -0.05) is 79.4 Å². The molecule has 2 aromatic carbocycles. The molecule has 1 unspecified atom stereocenters. The van der Waals surface area contributed by atoms with E-state index >= 15 is 0 Å². The number of para-hydroxylation sites is 1. The summed E-state index contributed by atoms with van der Waals surface area (Å²) in [6.07, 6.45) is 5.27. The van der Waals surface area contributed by atoms with Gasteiger partial charge in [0.1, 0.15) is 0 Å². The van der Waals surface area contributed by atoms with Crippen molar-refractivity contribution in [3.8, 4) is 11.1 Å². The highest BCUT2D eigenvalue weighted by molar-refractivity contribution is 7.16. The highest BCUT2D eigenvalue weighted by Gasteiger charge is 2.28. The van der Waals surface area contributed by atoms with Gasteiger partial charge in [-0.05, 0) is 41.9 Å². The van der Waals surface area contributed by atoms with Gasteiger partial charge in [0.05, 0.1) is 9.85 Å². The van der Waals surface area contributed by atoms with Crippen molar-refractivity contribution < 1.29 is 0 Å². The van der Waals surface area contributed by atoms with Crippen LogP contribution in [0.15, 0.2) is 92.2 Å². The molecule has 4 heteroatoms. The fraction of sp³-hybridized carbons (Fsp3) is 0.148. The smallest absolute Gasteiger partial charge is 0.0934 e. The second-order valence-corrected chi connectivity index (χ2v) is 9.42. The number of nitrogens with zero attached hydrogens (tertiary/aromatic N) is 2. The van der Waals surface area contributed by atoms with Crippen molar-refractivity contribution >= 4 is 33.8 Å². The van der Waals surface area contributed by atoms with E-state index in [0.717, 1.165) is 22.9 Å². The highest BCUT2D eigenvalue weighted by atomic mass is 35.5. The standard InChI is InChI=1S/C23H19ClN2S.C4H6/c1-26-13-20(19-11-23(24)27-22(19)14-26)18-8-4-3-7-17(18)16-10-15-6-2-5-9-21(15)25-12-16;1-3-4-2/h2-12,20H,13-14H2,1H3;3-4H,1-2H2. The Bertz CT molecular complexity index is 1220. The van der Waals surface area contributed by atoms with Gasteiger partial charge in [0.2, 0.25) is 0 Å². The number of aromatic nitrogens is 1. The maximum Gasteiger partial charge on any atom is 0.0934 e. The third-order valence-electron chi connectivity index (χ3n) is 5.50. The molecule has 1 aliphatic heterocycles. The van der Waals surface area contributed by atoms with Crippen molar-refractivity contribution in [3.05, 3.63) is 113 Å². The molecule has 4 aromatic rings. The Hall–Kier alpha value is -2.72. The van der Waals surface area contributed by atoms with Gasteiger partial charge in [0.15, 0.2) is 0 Å². The average Bonchev–Trinajstić information content (AvgIpc) is 3.18.